The Morgan fingerprint density at radius 3 is 2.50 bits per heavy atom. The number of amides is 3. The quantitative estimate of drug-likeness (QED) is 0.882. The summed E-state index contributed by atoms with van der Waals surface area (Å²) in [6.07, 6.45) is 0. The summed E-state index contributed by atoms with van der Waals surface area (Å²) in [6, 6.07) is 8.81. The number of carbonyl (C=O) groups excluding carboxylic acids is 2. The minimum atomic E-state index is -1.04. The summed E-state index contributed by atoms with van der Waals surface area (Å²) in [5.41, 5.74) is 1.17. The molecule has 0 radical (unpaired) electrons. The van der Waals surface area contributed by atoms with E-state index in [1.807, 2.05) is 30.3 Å². The molecule has 0 bridgehead atoms. The highest BCUT2D eigenvalue weighted by Crippen LogP contribution is 2.30. The second kappa shape index (κ2) is 4.98. The van der Waals surface area contributed by atoms with Crippen LogP contribution in [-0.4, -0.2) is 22.0 Å². The third kappa shape index (κ3) is 2.07. The lowest BCUT2D eigenvalue weighted by Gasteiger charge is -2.22. The molecule has 6 nitrogen and oxygen atoms in total. The Labute approximate surface area is 128 Å². The molecule has 1 aromatic carbocycles. The van der Waals surface area contributed by atoms with Gasteiger partial charge in [-0.1, -0.05) is 35.5 Å². The monoisotopic (exact) mass is 299 g/mol. The maximum absolute atomic E-state index is 12.8. The van der Waals surface area contributed by atoms with Crippen LogP contribution in [0.1, 0.15) is 29.5 Å². The fourth-order valence-electron chi connectivity index (χ4n) is 2.69. The molecule has 0 spiro atoms. The molecule has 1 aliphatic rings. The highest BCUT2D eigenvalue weighted by Gasteiger charge is 2.49. The first-order valence-electron chi connectivity index (χ1n) is 7.05. The lowest BCUT2D eigenvalue weighted by atomic mass is 9.92. The first kappa shape index (κ1) is 14.3. The van der Waals surface area contributed by atoms with E-state index in [9.17, 15) is 9.59 Å². The van der Waals surface area contributed by atoms with E-state index in [0.29, 0.717) is 11.5 Å². The summed E-state index contributed by atoms with van der Waals surface area (Å²) in [5.74, 6) is 0.343. The Balaban J connectivity index is 1.92. The fourth-order valence-corrected chi connectivity index (χ4v) is 2.69. The fraction of sp³-hybridized carbons (Fsp3) is 0.312. The van der Waals surface area contributed by atoms with E-state index < -0.39 is 11.6 Å². The summed E-state index contributed by atoms with van der Waals surface area (Å²) in [4.78, 5) is 26.3. The third-order valence-corrected chi connectivity index (χ3v) is 4.12. The van der Waals surface area contributed by atoms with Crippen LogP contribution in [-0.2, 0) is 16.9 Å². The van der Waals surface area contributed by atoms with E-state index >= 15 is 0 Å². The van der Waals surface area contributed by atoms with Crippen LogP contribution >= 0.6 is 0 Å². The zero-order valence-electron chi connectivity index (χ0n) is 12.7. The Kier molecular flexibility index (Phi) is 3.24. The molecule has 1 aromatic heterocycles. The van der Waals surface area contributed by atoms with Gasteiger partial charge in [-0.05, 0) is 26.3 Å². The van der Waals surface area contributed by atoms with Crippen molar-refractivity contribution in [2.45, 2.75) is 32.9 Å². The van der Waals surface area contributed by atoms with Crippen LogP contribution in [0.15, 0.2) is 34.9 Å². The molecule has 114 valence electrons. The molecule has 22 heavy (non-hydrogen) atoms. The van der Waals surface area contributed by atoms with Gasteiger partial charge in [0.15, 0.2) is 0 Å². The molecule has 1 saturated heterocycles. The minimum absolute atomic E-state index is 0.161. The number of nitrogens with zero attached hydrogens (tertiary/aromatic N) is 2. The first-order chi connectivity index (χ1) is 10.4. The predicted octanol–water partition coefficient (Wildman–Crippen LogP) is 2.26. The van der Waals surface area contributed by atoms with Gasteiger partial charge in [-0.3, -0.25) is 9.69 Å². The average molecular weight is 299 g/mol. The van der Waals surface area contributed by atoms with Gasteiger partial charge in [0.05, 0.1) is 12.2 Å². The topological polar surface area (TPSA) is 75.4 Å². The lowest BCUT2D eigenvalue weighted by Crippen LogP contribution is -2.40. The van der Waals surface area contributed by atoms with Gasteiger partial charge in [-0.2, -0.15) is 0 Å². The lowest BCUT2D eigenvalue weighted by molar-refractivity contribution is -0.131. The smallest absolute Gasteiger partial charge is 0.325 e. The van der Waals surface area contributed by atoms with Crippen molar-refractivity contribution in [1.82, 2.24) is 15.4 Å². The molecule has 2 aromatic rings. The van der Waals surface area contributed by atoms with Crippen LogP contribution in [0.5, 0.6) is 0 Å². The number of hydrogen-bond acceptors (Lipinski definition) is 4. The van der Waals surface area contributed by atoms with Crippen molar-refractivity contribution >= 4 is 11.9 Å². The molecule has 3 rings (SSSR count). The second-order valence-electron chi connectivity index (χ2n) is 5.62. The van der Waals surface area contributed by atoms with Crippen molar-refractivity contribution in [1.29, 1.82) is 0 Å². The molecule has 6 heteroatoms. The Bertz CT molecular complexity index is 719. The maximum atomic E-state index is 12.8. The molecular formula is C16H17N3O3. The highest BCUT2D eigenvalue weighted by atomic mass is 16.5. The zero-order chi connectivity index (χ0) is 15.9. The van der Waals surface area contributed by atoms with Crippen molar-refractivity contribution in [2.24, 2.45) is 0 Å². The summed E-state index contributed by atoms with van der Waals surface area (Å²) in [5, 5.41) is 6.64. The van der Waals surface area contributed by atoms with Gasteiger partial charge in [0.1, 0.15) is 11.3 Å². The van der Waals surface area contributed by atoms with Gasteiger partial charge in [0.2, 0.25) is 0 Å². The third-order valence-electron chi connectivity index (χ3n) is 4.12. The summed E-state index contributed by atoms with van der Waals surface area (Å²) >= 11 is 0. The van der Waals surface area contributed by atoms with Crippen molar-refractivity contribution < 1.29 is 14.1 Å². The number of urea groups is 1. The second-order valence-corrected chi connectivity index (χ2v) is 5.62. The Hall–Kier alpha value is -2.63. The van der Waals surface area contributed by atoms with E-state index in [0.717, 1.165) is 11.1 Å². The molecule has 1 atom stereocenters. The number of benzene rings is 1. The Morgan fingerprint density at radius 2 is 1.91 bits per heavy atom. The summed E-state index contributed by atoms with van der Waals surface area (Å²) < 4.78 is 5.09. The standard InChI is InChI=1S/C16H17N3O3/c1-10-13(11(2)22-18-10)9-19-14(20)16(3,17-15(19)21)12-7-5-4-6-8-12/h4-8H,9H2,1-3H3,(H,17,21). The summed E-state index contributed by atoms with van der Waals surface area (Å²) in [6.45, 7) is 5.44. The number of imide groups is 1. The number of hydrogen-bond donors (Lipinski definition) is 1. The molecule has 0 saturated carbocycles. The van der Waals surface area contributed by atoms with E-state index in [1.165, 1.54) is 4.90 Å². The van der Waals surface area contributed by atoms with Crippen molar-refractivity contribution in [3.05, 3.63) is 52.9 Å². The van der Waals surface area contributed by atoms with Crippen LogP contribution in [0.3, 0.4) is 0 Å². The normalized spacial score (nSPS) is 21.3. The van der Waals surface area contributed by atoms with Crippen molar-refractivity contribution in [3.63, 3.8) is 0 Å². The number of aryl methyl sites for hydroxylation is 2. The number of nitrogens with one attached hydrogen (secondary N) is 1. The number of carbonyl (C=O) groups is 2. The zero-order valence-corrected chi connectivity index (χ0v) is 12.7. The highest BCUT2D eigenvalue weighted by molar-refractivity contribution is 6.07. The molecule has 1 unspecified atom stereocenters. The molecule has 1 N–H and O–H groups in total. The molecule has 1 aliphatic heterocycles. The molecular weight excluding hydrogens is 282 g/mol. The number of aromatic nitrogens is 1. The van der Waals surface area contributed by atoms with Crippen molar-refractivity contribution in [3.8, 4) is 0 Å². The number of rotatable bonds is 3. The first-order valence-corrected chi connectivity index (χ1v) is 7.05. The van der Waals surface area contributed by atoms with Gasteiger partial charge >= 0.3 is 6.03 Å². The molecule has 1 fully saturated rings. The van der Waals surface area contributed by atoms with Crippen molar-refractivity contribution in [2.75, 3.05) is 0 Å². The van der Waals surface area contributed by atoms with Crippen LogP contribution in [0, 0.1) is 13.8 Å². The van der Waals surface area contributed by atoms with Gasteiger partial charge in [0, 0.05) is 5.56 Å². The van der Waals surface area contributed by atoms with Gasteiger partial charge in [-0.25, -0.2) is 4.79 Å². The largest absolute Gasteiger partial charge is 0.361 e. The van der Waals surface area contributed by atoms with Crippen LogP contribution in [0.25, 0.3) is 0 Å². The molecule has 0 aliphatic carbocycles. The average Bonchev–Trinajstić information content (AvgIpc) is 2.94. The molecule has 2 heterocycles. The van der Waals surface area contributed by atoms with Crippen LogP contribution in [0.2, 0.25) is 0 Å². The predicted molar refractivity (Wildman–Crippen MR) is 78.9 cm³/mol. The van der Waals surface area contributed by atoms with Gasteiger partial charge < -0.3 is 9.84 Å². The van der Waals surface area contributed by atoms with Crippen LogP contribution in [0.4, 0.5) is 4.79 Å². The summed E-state index contributed by atoms with van der Waals surface area (Å²) in [7, 11) is 0. The van der Waals surface area contributed by atoms with E-state index in [4.69, 9.17) is 4.52 Å². The van der Waals surface area contributed by atoms with Gasteiger partial charge in [-0.15, -0.1) is 0 Å². The van der Waals surface area contributed by atoms with Crippen LogP contribution < -0.4 is 5.32 Å². The van der Waals surface area contributed by atoms with E-state index in [1.54, 1.807) is 20.8 Å². The molecule has 3 amide bonds. The van der Waals surface area contributed by atoms with E-state index in [2.05, 4.69) is 10.5 Å². The minimum Gasteiger partial charge on any atom is -0.361 e. The van der Waals surface area contributed by atoms with Gasteiger partial charge in [0.25, 0.3) is 5.91 Å². The van der Waals surface area contributed by atoms with E-state index in [-0.39, 0.29) is 12.5 Å². The maximum Gasteiger partial charge on any atom is 0.325 e. The SMILES string of the molecule is Cc1noc(C)c1CN1C(=O)NC(C)(c2ccccc2)C1=O. The Morgan fingerprint density at radius 1 is 1.23 bits per heavy atom.